The zero-order valence-electron chi connectivity index (χ0n) is 17.2. The Kier molecular flexibility index (Phi) is 13.1. The van der Waals surface area contributed by atoms with Gasteiger partial charge >= 0.3 is 0 Å². The highest BCUT2D eigenvalue weighted by Crippen LogP contribution is 2.27. The van der Waals surface area contributed by atoms with Crippen LogP contribution in [0.25, 0.3) is 0 Å². The maximum Gasteiger partial charge on any atom is 0.191 e. The molecule has 7 heteroatoms. The van der Waals surface area contributed by atoms with Gasteiger partial charge in [0, 0.05) is 19.7 Å². The molecule has 0 bridgehead atoms. The quantitative estimate of drug-likeness (QED) is 0.192. The lowest BCUT2D eigenvalue weighted by Crippen LogP contribution is -2.38. The molecule has 1 fully saturated rings. The summed E-state index contributed by atoms with van der Waals surface area (Å²) in [6.45, 7) is 7.43. The average Bonchev–Trinajstić information content (AvgIpc) is 2.69. The SMILES string of the molecule is CCNC(=NCc1ccc(O)c(OCC)c1)NCCCOC1CCCCC1.I. The van der Waals surface area contributed by atoms with Gasteiger partial charge in [0.15, 0.2) is 17.5 Å². The van der Waals surface area contributed by atoms with E-state index in [0.717, 1.165) is 37.6 Å². The molecule has 3 N–H and O–H groups in total. The van der Waals surface area contributed by atoms with Crippen LogP contribution in [0, 0.1) is 0 Å². The molecular weight excluding hydrogens is 469 g/mol. The molecule has 1 aromatic rings. The van der Waals surface area contributed by atoms with E-state index in [-0.39, 0.29) is 29.7 Å². The molecule has 0 aromatic heterocycles. The van der Waals surface area contributed by atoms with Gasteiger partial charge in [-0.3, -0.25) is 0 Å². The van der Waals surface area contributed by atoms with Gasteiger partial charge in [-0.05, 0) is 50.8 Å². The largest absolute Gasteiger partial charge is 0.504 e. The van der Waals surface area contributed by atoms with Crippen molar-refractivity contribution < 1.29 is 14.6 Å². The Morgan fingerprint density at radius 1 is 1.18 bits per heavy atom. The fourth-order valence-corrected chi connectivity index (χ4v) is 3.20. The van der Waals surface area contributed by atoms with E-state index in [1.165, 1.54) is 32.1 Å². The minimum absolute atomic E-state index is 0. The van der Waals surface area contributed by atoms with Crippen molar-refractivity contribution in [3.8, 4) is 11.5 Å². The molecule has 1 saturated carbocycles. The number of benzene rings is 1. The lowest BCUT2D eigenvalue weighted by Gasteiger charge is -2.22. The van der Waals surface area contributed by atoms with E-state index in [9.17, 15) is 5.11 Å². The monoisotopic (exact) mass is 505 g/mol. The normalized spacial score (nSPS) is 15.0. The van der Waals surface area contributed by atoms with E-state index in [4.69, 9.17) is 9.47 Å². The first kappa shape index (κ1) is 24.8. The van der Waals surface area contributed by atoms with Gasteiger partial charge in [0.25, 0.3) is 0 Å². The Morgan fingerprint density at radius 3 is 2.68 bits per heavy atom. The second-order valence-electron chi connectivity index (χ2n) is 6.84. The number of nitrogens with one attached hydrogen (secondary N) is 2. The van der Waals surface area contributed by atoms with Crippen LogP contribution in [0.1, 0.15) is 57.9 Å². The fourth-order valence-electron chi connectivity index (χ4n) is 3.20. The van der Waals surface area contributed by atoms with Gasteiger partial charge in [0.2, 0.25) is 0 Å². The van der Waals surface area contributed by atoms with Crippen LogP contribution in [0.2, 0.25) is 0 Å². The summed E-state index contributed by atoms with van der Waals surface area (Å²) in [5, 5.41) is 16.4. The van der Waals surface area contributed by atoms with E-state index >= 15 is 0 Å². The summed E-state index contributed by atoms with van der Waals surface area (Å²) >= 11 is 0. The molecule has 0 spiro atoms. The van der Waals surface area contributed by atoms with Gasteiger partial charge in [-0.2, -0.15) is 0 Å². The number of halogens is 1. The highest BCUT2D eigenvalue weighted by molar-refractivity contribution is 14.0. The number of phenolic OH excluding ortho intramolecular Hbond substituents is 1. The van der Waals surface area contributed by atoms with Crippen LogP contribution < -0.4 is 15.4 Å². The summed E-state index contributed by atoms with van der Waals surface area (Å²) in [6.07, 6.45) is 7.84. The van der Waals surface area contributed by atoms with Gasteiger partial charge in [-0.15, -0.1) is 24.0 Å². The smallest absolute Gasteiger partial charge is 0.191 e. The van der Waals surface area contributed by atoms with Crippen molar-refractivity contribution in [3.63, 3.8) is 0 Å². The number of hydrogen-bond acceptors (Lipinski definition) is 4. The van der Waals surface area contributed by atoms with Crippen molar-refractivity contribution in [1.29, 1.82) is 0 Å². The minimum atomic E-state index is 0. The first-order valence-corrected chi connectivity index (χ1v) is 10.3. The first-order chi connectivity index (χ1) is 13.2. The molecule has 0 saturated heterocycles. The molecule has 0 amide bonds. The molecule has 6 nitrogen and oxygen atoms in total. The second-order valence-corrected chi connectivity index (χ2v) is 6.84. The van der Waals surface area contributed by atoms with Gasteiger partial charge in [-0.1, -0.05) is 25.3 Å². The van der Waals surface area contributed by atoms with Gasteiger partial charge in [-0.25, -0.2) is 4.99 Å². The van der Waals surface area contributed by atoms with Crippen molar-refractivity contribution in [2.75, 3.05) is 26.3 Å². The number of guanidine groups is 1. The number of aliphatic imine (C=N–C) groups is 1. The molecule has 0 heterocycles. The zero-order valence-corrected chi connectivity index (χ0v) is 19.5. The molecule has 0 aliphatic heterocycles. The van der Waals surface area contributed by atoms with Crippen LogP contribution in [-0.2, 0) is 11.3 Å². The van der Waals surface area contributed by atoms with E-state index in [2.05, 4.69) is 22.5 Å². The third-order valence-corrected chi connectivity index (χ3v) is 4.61. The molecule has 0 unspecified atom stereocenters. The maximum absolute atomic E-state index is 9.79. The molecular formula is C21H36IN3O3. The number of nitrogens with zero attached hydrogens (tertiary/aromatic N) is 1. The summed E-state index contributed by atoms with van der Waals surface area (Å²) in [6, 6.07) is 5.35. The average molecular weight is 505 g/mol. The van der Waals surface area contributed by atoms with Crippen LogP contribution in [-0.4, -0.2) is 43.5 Å². The molecule has 28 heavy (non-hydrogen) atoms. The molecule has 0 radical (unpaired) electrons. The van der Waals surface area contributed by atoms with Crippen molar-refractivity contribution in [2.24, 2.45) is 4.99 Å². The standard InChI is InChI=1S/C21H35N3O3.HI/c1-3-22-21(23-13-8-14-27-18-9-6-5-7-10-18)24-16-17-11-12-19(25)20(15-17)26-4-2;/h11-12,15,18,25H,3-10,13-14,16H2,1-2H3,(H2,22,23,24);1H. The summed E-state index contributed by atoms with van der Waals surface area (Å²) < 4.78 is 11.4. The summed E-state index contributed by atoms with van der Waals surface area (Å²) in [7, 11) is 0. The van der Waals surface area contributed by atoms with Crippen LogP contribution in [0.5, 0.6) is 11.5 Å². The fraction of sp³-hybridized carbons (Fsp3) is 0.667. The summed E-state index contributed by atoms with van der Waals surface area (Å²) in [5.41, 5.74) is 0.995. The Bertz CT molecular complexity index is 578. The summed E-state index contributed by atoms with van der Waals surface area (Å²) in [5.74, 6) is 1.46. The van der Waals surface area contributed by atoms with Gasteiger partial charge < -0.3 is 25.2 Å². The van der Waals surface area contributed by atoms with E-state index in [1.54, 1.807) is 6.07 Å². The number of phenols is 1. The second kappa shape index (κ2) is 14.7. The Balaban J connectivity index is 0.00000392. The molecule has 160 valence electrons. The van der Waals surface area contributed by atoms with Crippen LogP contribution in [0.15, 0.2) is 23.2 Å². The number of aromatic hydroxyl groups is 1. The molecule has 1 aliphatic rings. The predicted molar refractivity (Wildman–Crippen MR) is 125 cm³/mol. The number of rotatable bonds is 10. The van der Waals surface area contributed by atoms with E-state index in [1.807, 2.05) is 19.1 Å². The van der Waals surface area contributed by atoms with Crippen LogP contribution >= 0.6 is 24.0 Å². The van der Waals surface area contributed by atoms with E-state index in [0.29, 0.717) is 25.0 Å². The first-order valence-electron chi connectivity index (χ1n) is 10.3. The van der Waals surface area contributed by atoms with Crippen molar-refractivity contribution in [3.05, 3.63) is 23.8 Å². The number of ether oxygens (including phenoxy) is 2. The highest BCUT2D eigenvalue weighted by Gasteiger charge is 2.13. The van der Waals surface area contributed by atoms with E-state index < -0.39 is 0 Å². The van der Waals surface area contributed by atoms with Crippen molar-refractivity contribution in [2.45, 2.75) is 65.0 Å². The maximum atomic E-state index is 9.79. The Hall–Kier alpha value is -1.22. The predicted octanol–water partition coefficient (Wildman–Crippen LogP) is 4.20. The van der Waals surface area contributed by atoms with Crippen LogP contribution in [0.4, 0.5) is 0 Å². The lowest BCUT2D eigenvalue weighted by molar-refractivity contribution is 0.0277. The third kappa shape index (κ3) is 9.32. The molecule has 1 aliphatic carbocycles. The zero-order chi connectivity index (χ0) is 19.3. The highest BCUT2D eigenvalue weighted by atomic mass is 127. The molecule has 0 atom stereocenters. The molecule has 2 rings (SSSR count). The lowest BCUT2D eigenvalue weighted by atomic mass is 9.98. The minimum Gasteiger partial charge on any atom is -0.504 e. The van der Waals surface area contributed by atoms with Crippen molar-refractivity contribution in [1.82, 2.24) is 10.6 Å². The Labute approximate surface area is 186 Å². The Morgan fingerprint density at radius 2 is 1.96 bits per heavy atom. The summed E-state index contributed by atoms with van der Waals surface area (Å²) in [4.78, 5) is 4.62. The number of hydrogen-bond donors (Lipinski definition) is 3. The van der Waals surface area contributed by atoms with Gasteiger partial charge in [0.05, 0.1) is 19.3 Å². The topological polar surface area (TPSA) is 75.1 Å². The molecule has 1 aromatic carbocycles. The third-order valence-electron chi connectivity index (χ3n) is 4.61. The van der Waals surface area contributed by atoms with Crippen molar-refractivity contribution >= 4 is 29.9 Å². The van der Waals surface area contributed by atoms with Gasteiger partial charge in [0.1, 0.15) is 0 Å². The van der Waals surface area contributed by atoms with Crippen LogP contribution in [0.3, 0.4) is 0 Å².